The Morgan fingerprint density at radius 1 is 1.05 bits per heavy atom. The van der Waals surface area contributed by atoms with E-state index in [0.29, 0.717) is 0 Å². The van der Waals surface area contributed by atoms with Crippen molar-refractivity contribution in [1.29, 1.82) is 0 Å². The first-order valence-electron chi connectivity index (χ1n) is 6.34. The quantitative estimate of drug-likeness (QED) is 0.911. The number of carbonyl (C=O) groups is 1. The standard InChI is InChI=1S/C16H15F2NO/c17-14-8-4-7-12(16(14)18)9-15(20)13(10-19)11-5-2-1-3-6-11/h1-8,13H,9-10,19H2. The van der Waals surface area contributed by atoms with Gasteiger partial charge >= 0.3 is 0 Å². The highest BCUT2D eigenvalue weighted by atomic mass is 19.2. The highest BCUT2D eigenvalue weighted by molar-refractivity contribution is 5.87. The van der Waals surface area contributed by atoms with Crippen LogP contribution < -0.4 is 5.73 Å². The number of nitrogens with two attached hydrogens (primary N) is 1. The lowest BCUT2D eigenvalue weighted by Crippen LogP contribution is -2.23. The monoisotopic (exact) mass is 275 g/mol. The lowest BCUT2D eigenvalue weighted by atomic mass is 9.91. The first-order chi connectivity index (χ1) is 9.63. The van der Waals surface area contributed by atoms with Gasteiger partial charge in [0.25, 0.3) is 0 Å². The molecule has 4 heteroatoms. The summed E-state index contributed by atoms with van der Waals surface area (Å²) in [4.78, 5) is 12.2. The Kier molecular flexibility index (Phi) is 4.58. The van der Waals surface area contributed by atoms with Crippen molar-refractivity contribution in [1.82, 2.24) is 0 Å². The van der Waals surface area contributed by atoms with Crippen LogP contribution in [0.15, 0.2) is 48.5 Å². The van der Waals surface area contributed by atoms with Crippen LogP contribution >= 0.6 is 0 Å². The summed E-state index contributed by atoms with van der Waals surface area (Å²) in [6, 6.07) is 12.9. The zero-order valence-corrected chi connectivity index (χ0v) is 10.9. The zero-order valence-electron chi connectivity index (χ0n) is 10.9. The fraction of sp³-hybridized carbons (Fsp3) is 0.188. The Labute approximate surface area is 116 Å². The summed E-state index contributed by atoms with van der Waals surface area (Å²) in [5.74, 6) is -2.63. The van der Waals surface area contributed by atoms with Gasteiger partial charge in [-0.05, 0) is 17.2 Å². The lowest BCUT2D eigenvalue weighted by Gasteiger charge is -2.14. The van der Waals surface area contributed by atoms with Crippen LogP contribution in [0.2, 0.25) is 0 Å². The van der Waals surface area contributed by atoms with E-state index in [1.54, 1.807) is 12.1 Å². The molecular formula is C16H15F2NO. The van der Waals surface area contributed by atoms with Crippen LogP contribution in [-0.4, -0.2) is 12.3 Å². The minimum atomic E-state index is -0.968. The molecular weight excluding hydrogens is 260 g/mol. The molecule has 0 saturated heterocycles. The largest absolute Gasteiger partial charge is 0.329 e. The Balaban J connectivity index is 2.20. The number of halogens is 2. The molecule has 0 heterocycles. The number of carbonyl (C=O) groups excluding carboxylic acids is 1. The zero-order chi connectivity index (χ0) is 14.5. The smallest absolute Gasteiger partial charge is 0.162 e. The van der Waals surface area contributed by atoms with Gasteiger partial charge < -0.3 is 5.73 Å². The van der Waals surface area contributed by atoms with Crippen LogP contribution in [0.4, 0.5) is 8.78 Å². The number of ketones is 1. The summed E-state index contributed by atoms with van der Waals surface area (Å²) >= 11 is 0. The number of Topliss-reactive ketones (excluding diaryl/α,β-unsaturated/α-hetero) is 1. The van der Waals surface area contributed by atoms with E-state index in [9.17, 15) is 13.6 Å². The molecule has 2 nitrogen and oxygen atoms in total. The van der Waals surface area contributed by atoms with Crippen molar-refractivity contribution in [3.63, 3.8) is 0 Å². The highest BCUT2D eigenvalue weighted by Crippen LogP contribution is 2.19. The Bertz CT molecular complexity index is 599. The first-order valence-corrected chi connectivity index (χ1v) is 6.34. The third-order valence-corrected chi connectivity index (χ3v) is 3.22. The van der Waals surface area contributed by atoms with Gasteiger partial charge in [0.05, 0.1) is 5.92 Å². The molecule has 0 radical (unpaired) electrons. The van der Waals surface area contributed by atoms with Gasteiger partial charge in [-0.15, -0.1) is 0 Å². The van der Waals surface area contributed by atoms with Crippen molar-refractivity contribution in [2.24, 2.45) is 5.73 Å². The maximum absolute atomic E-state index is 13.6. The molecule has 104 valence electrons. The summed E-state index contributed by atoms with van der Waals surface area (Å²) < 4.78 is 26.7. The average molecular weight is 275 g/mol. The van der Waals surface area contributed by atoms with Crippen LogP contribution in [-0.2, 0) is 11.2 Å². The molecule has 0 bridgehead atoms. The van der Waals surface area contributed by atoms with E-state index in [-0.39, 0.29) is 24.3 Å². The first kappa shape index (κ1) is 14.3. The average Bonchev–Trinajstić information content (AvgIpc) is 2.46. The number of hydrogen-bond acceptors (Lipinski definition) is 2. The maximum atomic E-state index is 13.6. The van der Waals surface area contributed by atoms with Gasteiger partial charge in [0, 0.05) is 13.0 Å². The van der Waals surface area contributed by atoms with Crippen LogP contribution in [0.25, 0.3) is 0 Å². The van der Waals surface area contributed by atoms with Crippen LogP contribution in [0, 0.1) is 11.6 Å². The fourth-order valence-corrected chi connectivity index (χ4v) is 2.13. The van der Waals surface area contributed by atoms with Crippen LogP contribution in [0.5, 0.6) is 0 Å². The minimum absolute atomic E-state index is 0.0596. The Morgan fingerprint density at radius 3 is 2.40 bits per heavy atom. The van der Waals surface area contributed by atoms with Crippen LogP contribution in [0.1, 0.15) is 17.0 Å². The fourth-order valence-electron chi connectivity index (χ4n) is 2.13. The Morgan fingerprint density at radius 2 is 1.75 bits per heavy atom. The molecule has 2 rings (SSSR count). The van der Waals surface area contributed by atoms with Crippen molar-refractivity contribution in [3.8, 4) is 0 Å². The molecule has 20 heavy (non-hydrogen) atoms. The third kappa shape index (κ3) is 3.08. The van der Waals surface area contributed by atoms with Gasteiger partial charge in [-0.2, -0.15) is 0 Å². The van der Waals surface area contributed by atoms with E-state index >= 15 is 0 Å². The minimum Gasteiger partial charge on any atom is -0.329 e. The number of rotatable bonds is 5. The topological polar surface area (TPSA) is 43.1 Å². The van der Waals surface area contributed by atoms with E-state index in [1.807, 2.05) is 18.2 Å². The molecule has 0 amide bonds. The van der Waals surface area contributed by atoms with Gasteiger partial charge in [0.1, 0.15) is 5.78 Å². The second-order valence-corrected chi connectivity index (χ2v) is 4.56. The van der Waals surface area contributed by atoms with Crippen molar-refractivity contribution in [2.75, 3.05) is 6.54 Å². The highest BCUT2D eigenvalue weighted by Gasteiger charge is 2.21. The maximum Gasteiger partial charge on any atom is 0.162 e. The van der Waals surface area contributed by atoms with Gasteiger partial charge in [-0.3, -0.25) is 4.79 Å². The van der Waals surface area contributed by atoms with E-state index < -0.39 is 17.6 Å². The summed E-state index contributed by atoms with van der Waals surface area (Å²) in [6.45, 7) is 0.139. The van der Waals surface area contributed by atoms with Gasteiger partial charge in [-0.1, -0.05) is 42.5 Å². The molecule has 0 aliphatic heterocycles. The van der Waals surface area contributed by atoms with Crippen molar-refractivity contribution in [3.05, 3.63) is 71.3 Å². The molecule has 0 aromatic heterocycles. The molecule has 0 saturated carbocycles. The normalized spacial score (nSPS) is 12.2. The molecule has 1 atom stereocenters. The molecule has 1 unspecified atom stereocenters. The van der Waals surface area contributed by atoms with Gasteiger partial charge in [-0.25, -0.2) is 8.78 Å². The summed E-state index contributed by atoms with van der Waals surface area (Å²) in [6.07, 6.45) is -0.166. The summed E-state index contributed by atoms with van der Waals surface area (Å²) in [7, 11) is 0. The predicted molar refractivity (Wildman–Crippen MR) is 73.3 cm³/mol. The van der Waals surface area contributed by atoms with Crippen molar-refractivity contribution < 1.29 is 13.6 Å². The molecule has 0 aliphatic carbocycles. The molecule has 2 N–H and O–H groups in total. The van der Waals surface area contributed by atoms with E-state index in [2.05, 4.69) is 0 Å². The Hall–Kier alpha value is -2.07. The molecule has 2 aromatic carbocycles. The second-order valence-electron chi connectivity index (χ2n) is 4.56. The van der Waals surface area contributed by atoms with Crippen LogP contribution in [0.3, 0.4) is 0 Å². The van der Waals surface area contributed by atoms with Crippen molar-refractivity contribution >= 4 is 5.78 Å². The second kappa shape index (κ2) is 6.39. The van der Waals surface area contributed by atoms with Crippen molar-refractivity contribution in [2.45, 2.75) is 12.3 Å². The lowest BCUT2D eigenvalue weighted by molar-refractivity contribution is -0.119. The molecule has 0 fully saturated rings. The molecule has 2 aromatic rings. The number of hydrogen-bond donors (Lipinski definition) is 1. The number of benzene rings is 2. The third-order valence-electron chi connectivity index (χ3n) is 3.22. The van der Waals surface area contributed by atoms with E-state index in [4.69, 9.17) is 5.73 Å². The predicted octanol–water partition coefficient (Wildman–Crippen LogP) is 2.82. The summed E-state index contributed by atoms with van der Waals surface area (Å²) in [5, 5.41) is 0. The SMILES string of the molecule is NCC(C(=O)Cc1cccc(F)c1F)c1ccccc1. The van der Waals surface area contributed by atoms with Gasteiger partial charge in [0.2, 0.25) is 0 Å². The van der Waals surface area contributed by atoms with E-state index in [1.165, 1.54) is 12.1 Å². The molecule has 0 spiro atoms. The molecule has 0 aliphatic rings. The van der Waals surface area contributed by atoms with E-state index in [0.717, 1.165) is 11.6 Å². The van der Waals surface area contributed by atoms with Gasteiger partial charge in [0.15, 0.2) is 11.6 Å². The summed E-state index contributed by atoms with van der Waals surface area (Å²) in [5.41, 5.74) is 6.49.